The summed E-state index contributed by atoms with van der Waals surface area (Å²) in [6.07, 6.45) is -0.183. The summed E-state index contributed by atoms with van der Waals surface area (Å²) in [5.74, 6) is -3.50. The van der Waals surface area contributed by atoms with Gasteiger partial charge in [-0.25, -0.2) is 8.78 Å². The summed E-state index contributed by atoms with van der Waals surface area (Å²) in [5.41, 5.74) is -0.911. The molecule has 2 saturated heterocycles. The summed E-state index contributed by atoms with van der Waals surface area (Å²) in [6, 6.07) is 6.37. The minimum atomic E-state index is -3.07. The molecule has 0 saturated carbocycles. The first-order valence-electron chi connectivity index (χ1n) is 7.45. The number of ether oxygens (including phenoxy) is 1. The van der Waals surface area contributed by atoms with E-state index >= 15 is 0 Å². The SMILES string of the molecule is COc1cccc(C(=O)N2CC(F)(F)C[C@@]3(CCNC3=O)C2)c1. The monoisotopic (exact) mass is 324 g/mol. The molecule has 1 aromatic rings. The van der Waals surface area contributed by atoms with Crippen LogP contribution in [0.4, 0.5) is 8.78 Å². The van der Waals surface area contributed by atoms with Crippen LogP contribution in [0.25, 0.3) is 0 Å². The van der Waals surface area contributed by atoms with Crippen molar-refractivity contribution in [3.05, 3.63) is 29.8 Å². The van der Waals surface area contributed by atoms with E-state index in [9.17, 15) is 18.4 Å². The minimum Gasteiger partial charge on any atom is -0.497 e. The number of amides is 2. The lowest BCUT2D eigenvalue weighted by Crippen LogP contribution is -2.56. The molecule has 1 aromatic carbocycles. The number of nitrogens with zero attached hydrogens (tertiary/aromatic N) is 1. The number of carbonyl (C=O) groups is 2. The molecule has 124 valence electrons. The fourth-order valence-corrected chi connectivity index (χ4v) is 3.43. The topological polar surface area (TPSA) is 58.6 Å². The second-order valence-corrected chi connectivity index (χ2v) is 6.21. The van der Waals surface area contributed by atoms with E-state index in [1.54, 1.807) is 18.2 Å². The first-order valence-corrected chi connectivity index (χ1v) is 7.45. The van der Waals surface area contributed by atoms with Gasteiger partial charge in [-0.05, 0) is 24.6 Å². The van der Waals surface area contributed by atoms with Crippen LogP contribution in [0, 0.1) is 5.41 Å². The number of hydrogen-bond acceptors (Lipinski definition) is 3. The van der Waals surface area contributed by atoms with Gasteiger partial charge in [-0.3, -0.25) is 9.59 Å². The van der Waals surface area contributed by atoms with Gasteiger partial charge in [0.1, 0.15) is 5.75 Å². The number of halogens is 2. The van der Waals surface area contributed by atoms with Gasteiger partial charge in [0.25, 0.3) is 11.8 Å². The third kappa shape index (κ3) is 2.87. The predicted molar refractivity (Wildman–Crippen MR) is 78.5 cm³/mol. The first-order chi connectivity index (χ1) is 10.9. The zero-order valence-electron chi connectivity index (χ0n) is 12.8. The van der Waals surface area contributed by atoms with Crippen molar-refractivity contribution < 1.29 is 23.1 Å². The van der Waals surface area contributed by atoms with Crippen LogP contribution in [0.5, 0.6) is 5.75 Å². The van der Waals surface area contributed by atoms with Gasteiger partial charge in [-0.15, -0.1) is 0 Å². The Bertz CT molecular complexity index is 650. The van der Waals surface area contributed by atoms with E-state index < -0.39 is 30.2 Å². The van der Waals surface area contributed by atoms with E-state index in [0.717, 1.165) is 4.90 Å². The smallest absolute Gasteiger partial charge is 0.266 e. The van der Waals surface area contributed by atoms with Gasteiger partial charge in [0.2, 0.25) is 5.91 Å². The lowest BCUT2D eigenvalue weighted by atomic mass is 9.77. The van der Waals surface area contributed by atoms with Gasteiger partial charge in [0.05, 0.1) is 19.1 Å². The summed E-state index contributed by atoms with van der Waals surface area (Å²) >= 11 is 0. The highest BCUT2D eigenvalue weighted by Crippen LogP contribution is 2.43. The number of piperidine rings is 1. The highest BCUT2D eigenvalue weighted by atomic mass is 19.3. The molecule has 0 aromatic heterocycles. The van der Waals surface area contributed by atoms with Crippen LogP contribution in [0.15, 0.2) is 24.3 Å². The molecule has 2 fully saturated rings. The van der Waals surface area contributed by atoms with Gasteiger partial charge in [0, 0.05) is 25.1 Å². The Kier molecular flexibility index (Phi) is 3.74. The third-order valence-electron chi connectivity index (χ3n) is 4.49. The van der Waals surface area contributed by atoms with Crippen molar-refractivity contribution in [2.45, 2.75) is 18.8 Å². The number of likely N-dealkylation sites (tertiary alicyclic amines) is 1. The summed E-state index contributed by atoms with van der Waals surface area (Å²) in [5, 5.41) is 2.61. The van der Waals surface area contributed by atoms with Gasteiger partial charge in [-0.2, -0.15) is 0 Å². The molecule has 5 nitrogen and oxygen atoms in total. The van der Waals surface area contributed by atoms with E-state index in [4.69, 9.17) is 4.74 Å². The number of alkyl halides is 2. The van der Waals surface area contributed by atoms with Crippen LogP contribution >= 0.6 is 0 Å². The Labute approximate surface area is 132 Å². The van der Waals surface area contributed by atoms with E-state index in [0.29, 0.717) is 18.7 Å². The second-order valence-electron chi connectivity index (χ2n) is 6.21. The highest BCUT2D eigenvalue weighted by molar-refractivity contribution is 5.95. The Morgan fingerprint density at radius 2 is 2.13 bits per heavy atom. The van der Waals surface area contributed by atoms with Crippen molar-refractivity contribution in [3.63, 3.8) is 0 Å². The van der Waals surface area contributed by atoms with Crippen LogP contribution < -0.4 is 10.1 Å². The molecular weight excluding hydrogens is 306 g/mol. The molecular formula is C16H18F2N2O3. The standard InChI is InChI=1S/C16H18F2N2O3/c1-23-12-4-2-3-11(7-12)13(21)20-9-15(5-6-19-14(15)22)8-16(17,18)10-20/h2-4,7H,5-6,8-10H2,1H3,(H,19,22)/t15-/m0/s1. The molecule has 0 aliphatic carbocycles. The van der Waals surface area contributed by atoms with Gasteiger partial charge in [-0.1, -0.05) is 6.07 Å². The van der Waals surface area contributed by atoms with Crippen molar-refractivity contribution in [2.24, 2.45) is 5.41 Å². The Balaban J connectivity index is 1.89. The van der Waals surface area contributed by atoms with E-state index in [1.807, 2.05) is 0 Å². The maximum Gasteiger partial charge on any atom is 0.266 e. The molecule has 2 aliphatic rings. The molecule has 0 bridgehead atoms. The fourth-order valence-electron chi connectivity index (χ4n) is 3.43. The zero-order valence-corrected chi connectivity index (χ0v) is 12.8. The predicted octanol–water partition coefficient (Wildman–Crippen LogP) is 1.68. The molecule has 1 spiro atoms. The molecule has 0 unspecified atom stereocenters. The normalized spacial score (nSPS) is 26.2. The van der Waals surface area contributed by atoms with Crippen LogP contribution in [0.1, 0.15) is 23.2 Å². The summed E-state index contributed by atoms with van der Waals surface area (Å²) < 4.78 is 33.4. The second kappa shape index (κ2) is 5.47. The molecule has 2 amide bonds. The molecule has 7 heteroatoms. The minimum absolute atomic E-state index is 0.0183. The molecule has 23 heavy (non-hydrogen) atoms. The van der Waals surface area contributed by atoms with Crippen LogP contribution in [-0.2, 0) is 4.79 Å². The fraction of sp³-hybridized carbons (Fsp3) is 0.500. The highest BCUT2D eigenvalue weighted by Gasteiger charge is 2.55. The Morgan fingerprint density at radius 3 is 2.78 bits per heavy atom. The number of benzene rings is 1. The maximum absolute atomic E-state index is 14.1. The van der Waals surface area contributed by atoms with E-state index in [1.165, 1.54) is 13.2 Å². The average Bonchev–Trinajstić information content (AvgIpc) is 2.84. The third-order valence-corrected chi connectivity index (χ3v) is 4.49. The van der Waals surface area contributed by atoms with Crippen molar-refractivity contribution in [1.29, 1.82) is 0 Å². The number of nitrogens with one attached hydrogen (secondary N) is 1. The number of methoxy groups -OCH3 is 1. The number of hydrogen-bond donors (Lipinski definition) is 1. The molecule has 3 rings (SSSR count). The molecule has 2 heterocycles. The van der Waals surface area contributed by atoms with E-state index in [2.05, 4.69) is 5.32 Å². The largest absolute Gasteiger partial charge is 0.497 e. The van der Waals surface area contributed by atoms with Crippen molar-refractivity contribution in [2.75, 3.05) is 26.7 Å². The first kappa shape index (κ1) is 15.7. The van der Waals surface area contributed by atoms with Crippen LogP contribution in [0.3, 0.4) is 0 Å². The molecule has 1 N–H and O–H groups in total. The number of rotatable bonds is 2. The van der Waals surface area contributed by atoms with Crippen LogP contribution in [0.2, 0.25) is 0 Å². The number of carbonyl (C=O) groups excluding carboxylic acids is 2. The van der Waals surface area contributed by atoms with Crippen LogP contribution in [-0.4, -0.2) is 49.4 Å². The maximum atomic E-state index is 14.1. The zero-order chi connectivity index (χ0) is 16.7. The lowest BCUT2D eigenvalue weighted by molar-refractivity contribution is -0.144. The molecule has 1 atom stereocenters. The molecule has 2 aliphatic heterocycles. The van der Waals surface area contributed by atoms with Gasteiger partial charge >= 0.3 is 0 Å². The van der Waals surface area contributed by atoms with E-state index in [-0.39, 0.29) is 18.0 Å². The summed E-state index contributed by atoms with van der Waals surface area (Å²) in [7, 11) is 1.47. The van der Waals surface area contributed by atoms with Crippen molar-refractivity contribution >= 4 is 11.8 Å². The lowest BCUT2D eigenvalue weighted by Gasteiger charge is -2.42. The van der Waals surface area contributed by atoms with Crippen molar-refractivity contribution in [1.82, 2.24) is 10.2 Å². The summed E-state index contributed by atoms with van der Waals surface area (Å²) in [4.78, 5) is 25.7. The van der Waals surface area contributed by atoms with Crippen molar-refractivity contribution in [3.8, 4) is 5.75 Å². The quantitative estimate of drug-likeness (QED) is 0.900. The Hall–Kier alpha value is -2.18. The molecule has 0 radical (unpaired) electrons. The summed E-state index contributed by atoms with van der Waals surface area (Å²) in [6.45, 7) is -0.279. The average molecular weight is 324 g/mol. The van der Waals surface area contributed by atoms with Gasteiger partial charge < -0.3 is 15.0 Å². The Morgan fingerprint density at radius 1 is 1.35 bits per heavy atom. The van der Waals surface area contributed by atoms with Gasteiger partial charge in [0.15, 0.2) is 0 Å².